The molecule has 0 fully saturated rings. The van der Waals surface area contributed by atoms with Crippen molar-refractivity contribution in [2.75, 3.05) is 18.8 Å². The zero-order chi connectivity index (χ0) is 10.9. The first kappa shape index (κ1) is 13.0. The third-order valence-electron chi connectivity index (χ3n) is 2.00. The molecule has 1 aromatic heterocycles. The molecule has 0 aliphatic carbocycles. The molecule has 0 radical (unpaired) electrons. The summed E-state index contributed by atoms with van der Waals surface area (Å²) in [6.45, 7) is 6.56. The lowest BCUT2D eigenvalue weighted by Gasteiger charge is -2.01. The van der Waals surface area contributed by atoms with E-state index in [9.17, 15) is 0 Å². The fourth-order valence-electron chi connectivity index (χ4n) is 1.21. The molecule has 0 amide bonds. The fraction of sp³-hybridized carbons (Fsp3) is 0.727. The van der Waals surface area contributed by atoms with Crippen LogP contribution in [0.4, 0.5) is 0 Å². The van der Waals surface area contributed by atoms with E-state index < -0.39 is 0 Å². The molecule has 0 aliphatic heterocycles. The highest BCUT2D eigenvalue weighted by molar-refractivity contribution is 8.00. The van der Waals surface area contributed by atoms with E-state index >= 15 is 0 Å². The molecule has 1 heterocycles. The SMILES string of the molecule is CCCNCCCCSc1nc(C)cs1. The van der Waals surface area contributed by atoms with Crippen molar-refractivity contribution in [2.45, 2.75) is 37.4 Å². The van der Waals surface area contributed by atoms with Crippen LogP contribution in [-0.2, 0) is 0 Å². The molecule has 86 valence electrons. The molecule has 0 atom stereocenters. The monoisotopic (exact) mass is 244 g/mol. The summed E-state index contributed by atoms with van der Waals surface area (Å²) < 4.78 is 1.22. The summed E-state index contributed by atoms with van der Waals surface area (Å²) in [5, 5.41) is 5.53. The Labute approximate surface area is 101 Å². The predicted molar refractivity (Wildman–Crippen MR) is 70.0 cm³/mol. The molecule has 0 aromatic carbocycles. The number of aryl methyl sites for hydroxylation is 1. The molecular weight excluding hydrogens is 224 g/mol. The van der Waals surface area contributed by atoms with E-state index in [2.05, 4.69) is 29.5 Å². The van der Waals surface area contributed by atoms with Gasteiger partial charge in [0.15, 0.2) is 0 Å². The van der Waals surface area contributed by atoms with E-state index in [1.165, 1.54) is 29.4 Å². The molecule has 0 bridgehead atoms. The summed E-state index contributed by atoms with van der Waals surface area (Å²) in [6.07, 6.45) is 3.78. The van der Waals surface area contributed by atoms with Gasteiger partial charge in [-0.3, -0.25) is 0 Å². The van der Waals surface area contributed by atoms with E-state index in [-0.39, 0.29) is 0 Å². The van der Waals surface area contributed by atoms with Crippen molar-refractivity contribution >= 4 is 23.1 Å². The molecule has 1 aromatic rings. The Morgan fingerprint density at radius 2 is 2.27 bits per heavy atom. The van der Waals surface area contributed by atoms with Crippen molar-refractivity contribution in [3.05, 3.63) is 11.1 Å². The maximum Gasteiger partial charge on any atom is 0.150 e. The van der Waals surface area contributed by atoms with Crippen LogP contribution in [-0.4, -0.2) is 23.8 Å². The Kier molecular flexibility index (Phi) is 7.05. The molecule has 0 unspecified atom stereocenters. The molecule has 4 heteroatoms. The molecule has 0 saturated heterocycles. The van der Waals surface area contributed by atoms with E-state index in [1.807, 2.05) is 11.8 Å². The summed E-state index contributed by atoms with van der Waals surface area (Å²) in [4.78, 5) is 4.42. The standard InChI is InChI=1S/C11H20N2S2/c1-3-6-12-7-4-5-8-14-11-13-10(2)9-15-11/h9,12H,3-8H2,1-2H3. The highest BCUT2D eigenvalue weighted by atomic mass is 32.2. The highest BCUT2D eigenvalue weighted by Crippen LogP contribution is 2.22. The van der Waals surface area contributed by atoms with Crippen LogP contribution >= 0.6 is 23.1 Å². The third-order valence-corrected chi connectivity index (χ3v) is 4.22. The first-order valence-electron chi connectivity index (χ1n) is 5.58. The first-order chi connectivity index (χ1) is 7.33. The van der Waals surface area contributed by atoms with Crippen LogP contribution in [0.1, 0.15) is 31.9 Å². The van der Waals surface area contributed by atoms with Gasteiger partial charge in [0.2, 0.25) is 0 Å². The lowest BCUT2D eigenvalue weighted by molar-refractivity contribution is 0.635. The van der Waals surface area contributed by atoms with Crippen molar-refractivity contribution in [1.82, 2.24) is 10.3 Å². The molecule has 0 aliphatic rings. The van der Waals surface area contributed by atoms with E-state index in [0.29, 0.717) is 0 Å². The largest absolute Gasteiger partial charge is 0.317 e. The molecule has 0 spiro atoms. The number of nitrogens with one attached hydrogen (secondary N) is 1. The van der Waals surface area contributed by atoms with Crippen LogP contribution in [0.2, 0.25) is 0 Å². The van der Waals surface area contributed by atoms with Gasteiger partial charge < -0.3 is 5.32 Å². The number of rotatable bonds is 8. The van der Waals surface area contributed by atoms with E-state index in [1.54, 1.807) is 11.3 Å². The van der Waals surface area contributed by atoms with Crippen LogP contribution < -0.4 is 5.32 Å². The van der Waals surface area contributed by atoms with Crippen LogP contribution in [0.25, 0.3) is 0 Å². The summed E-state index contributed by atoms with van der Waals surface area (Å²) in [5.74, 6) is 1.20. The number of hydrogen-bond acceptors (Lipinski definition) is 4. The quantitative estimate of drug-likeness (QED) is 0.561. The molecule has 1 N–H and O–H groups in total. The molecular formula is C11H20N2S2. The number of thioether (sulfide) groups is 1. The Balaban J connectivity index is 1.93. The van der Waals surface area contributed by atoms with Crippen molar-refractivity contribution in [3.63, 3.8) is 0 Å². The van der Waals surface area contributed by atoms with Crippen LogP contribution in [0.15, 0.2) is 9.72 Å². The molecule has 15 heavy (non-hydrogen) atoms. The van der Waals surface area contributed by atoms with Gasteiger partial charge in [0.25, 0.3) is 0 Å². The number of hydrogen-bond donors (Lipinski definition) is 1. The number of nitrogens with zero attached hydrogens (tertiary/aromatic N) is 1. The Morgan fingerprint density at radius 1 is 1.40 bits per heavy atom. The van der Waals surface area contributed by atoms with E-state index in [0.717, 1.165) is 18.8 Å². The molecule has 2 nitrogen and oxygen atoms in total. The summed E-state index contributed by atoms with van der Waals surface area (Å²) in [7, 11) is 0. The minimum Gasteiger partial charge on any atom is -0.317 e. The van der Waals surface area contributed by atoms with Gasteiger partial charge in [-0.05, 0) is 39.3 Å². The second kappa shape index (κ2) is 8.13. The zero-order valence-corrected chi connectivity index (χ0v) is 11.2. The van der Waals surface area contributed by atoms with Crippen molar-refractivity contribution < 1.29 is 0 Å². The molecule has 1 rings (SSSR count). The zero-order valence-electron chi connectivity index (χ0n) is 9.58. The van der Waals surface area contributed by atoms with Gasteiger partial charge in [-0.25, -0.2) is 4.98 Å². The number of unbranched alkanes of at least 4 members (excludes halogenated alkanes) is 1. The summed E-state index contributed by atoms with van der Waals surface area (Å²) in [5.41, 5.74) is 1.15. The van der Waals surface area contributed by atoms with Crippen LogP contribution in [0, 0.1) is 6.92 Å². The van der Waals surface area contributed by atoms with Crippen molar-refractivity contribution in [3.8, 4) is 0 Å². The number of thiazole rings is 1. The minimum absolute atomic E-state index is 1.15. The topological polar surface area (TPSA) is 24.9 Å². The van der Waals surface area contributed by atoms with Gasteiger partial charge in [-0.1, -0.05) is 18.7 Å². The van der Waals surface area contributed by atoms with Crippen LogP contribution in [0.5, 0.6) is 0 Å². The smallest absolute Gasteiger partial charge is 0.150 e. The normalized spacial score (nSPS) is 10.8. The second-order valence-corrected chi connectivity index (χ2v) is 5.76. The average molecular weight is 244 g/mol. The minimum atomic E-state index is 1.15. The van der Waals surface area contributed by atoms with E-state index in [4.69, 9.17) is 0 Å². The molecule has 0 saturated carbocycles. The third kappa shape index (κ3) is 6.17. The van der Waals surface area contributed by atoms with Crippen molar-refractivity contribution in [2.24, 2.45) is 0 Å². The summed E-state index contributed by atoms with van der Waals surface area (Å²) in [6, 6.07) is 0. The van der Waals surface area contributed by atoms with Crippen LogP contribution in [0.3, 0.4) is 0 Å². The number of aromatic nitrogens is 1. The van der Waals surface area contributed by atoms with Crippen molar-refractivity contribution in [1.29, 1.82) is 0 Å². The maximum absolute atomic E-state index is 4.42. The van der Waals surface area contributed by atoms with Gasteiger partial charge >= 0.3 is 0 Å². The fourth-order valence-corrected chi connectivity index (χ4v) is 3.13. The van der Waals surface area contributed by atoms with Gasteiger partial charge in [-0.15, -0.1) is 11.3 Å². The lowest BCUT2D eigenvalue weighted by atomic mass is 10.3. The Hall–Kier alpha value is -0.0600. The maximum atomic E-state index is 4.42. The second-order valence-electron chi connectivity index (χ2n) is 3.56. The highest BCUT2D eigenvalue weighted by Gasteiger charge is 1.98. The lowest BCUT2D eigenvalue weighted by Crippen LogP contribution is -2.15. The van der Waals surface area contributed by atoms with Gasteiger partial charge in [0.1, 0.15) is 4.34 Å². The van der Waals surface area contributed by atoms with Gasteiger partial charge in [0, 0.05) is 16.8 Å². The Morgan fingerprint density at radius 3 is 2.93 bits per heavy atom. The van der Waals surface area contributed by atoms with Gasteiger partial charge in [0.05, 0.1) is 0 Å². The average Bonchev–Trinajstić information content (AvgIpc) is 2.63. The first-order valence-corrected chi connectivity index (χ1v) is 7.45. The Bertz CT molecular complexity index is 261. The van der Waals surface area contributed by atoms with Gasteiger partial charge in [-0.2, -0.15) is 0 Å². The predicted octanol–water partition coefficient (Wildman–Crippen LogP) is 3.32. The summed E-state index contributed by atoms with van der Waals surface area (Å²) >= 11 is 3.64.